The molecule has 1 atom stereocenters. The molecule has 0 fully saturated rings. The normalized spacial score (nSPS) is 21.6. The summed E-state index contributed by atoms with van der Waals surface area (Å²) in [6, 6.07) is 0. The van der Waals surface area contributed by atoms with E-state index in [-0.39, 0.29) is 6.10 Å². The minimum Gasteiger partial charge on any atom is -0.438 e. The predicted molar refractivity (Wildman–Crippen MR) is 49.4 cm³/mol. The number of ether oxygens (including phenoxy) is 2. The van der Waals surface area contributed by atoms with Crippen molar-refractivity contribution in [1.82, 2.24) is 0 Å². The Kier molecular flexibility index (Phi) is 3.55. The molecular weight excluding hydrogens is 168 g/mol. The lowest BCUT2D eigenvalue weighted by atomic mass is 9.98. The number of methoxy groups -OCH3 is 1. The Hall–Kier alpha value is -1.25. The van der Waals surface area contributed by atoms with Gasteiger partial charge in [0.05, 0.1) is 7.11 Å². The van der Waals surface area contributed by atoms with Crippen molar-refractivity contribution in [3.63, 3.8) is 0 Å². The molecule has 0 aromatic carbocycles. The van der Waals surface area contributed by atoms with Crippen LogP contribution in [0.3, 0.4) is 0 Å². The van der Waals surface area contributed by atoms with Crippen LogP contribution in [0.15, 0.2) is 24.3 Å². The second kappa shape index (κ2) is 4.70. The molecule has 0 saturated heterocycles. The molecule has 1 aliphatic rings. The first-order valence-electron chi connectivity index (χ1n) is 4.34. The molecule has 72 valence electrons. The van der Waals surface area contributed by atoms with Gasteiger partial charge in [0, 0.05) is 0 Å². The third kappa shape index (κ3) is 2.93. The highest BCUT2D eigenvalue weighted by atomic mass is 16.7. The van der Waals surface area contributed by atoms with Crippen molar-refractivity contribution in [2.24, 2.45) is 0 Å². The first-order valence-corrected chi connectivity index (χ1v) is 4.34. The smallest absolute Gasteiger partial charge is 0.438 e. The number of rotatable bonds is 2. The van der Waals surface area contributed by atoms with Gasteiger partial charge in [-0.3, -0.25) is 0 Å². The van der Waals surface area contributed by atoms with E-state index in [9.17, 15) is 4.79 Å². The van der Waals surface area contributed by atoms with Crippen molar-refractivity contribution >= 4 is 6.16 Å². The molecule has 0 saturated carbocycles. The third-order valence-corrected chi connectivity index (χ3v) is 2.03. The fourth-order valence-electron chi connectivity index (χ4n) is 1.35. The average molecular weight is 182 g/mol. The Labute approximate surface area is 78.0 Å². The van der Waals surface area contributed by atoms with E-state index in [1.165, 1.54) is 7.11 Å². The fraction of sp³-hybridized carbons (Fsp3) is 0.500. The Balaban J connectivity index is 2.50. The summed E-state index contributed by atoms with van der Waals surface area (Å²) in [6.45, 7) is 3.68. The second-order valence-electron chi connectivity index (χ2n) is 2.95. The van der Waals surface area contributed by atoms with Gasteiger partial charge in [-0.25, -0.2) is 4.79 Å². The molecule has 13 heavy (non-hydrogen) atoms. The van der Waals surface area contributed by atoms with Crippen molar-refractivity contribution in [3.8, 4) is 0 Å². The zero-order chi connectivity index (χ0) is 9.68. The van der Waals surface area contributed by atoms with Gasteiger partial charge < -0.3 is 9.47 Å². The van der Waals surface area contributed by atoms with Gasteiger partial charge in [-0.15, -0.1) is 0 Å². The molecule has 1 unspecified atom stereocenters. The number of carbonyl (C=O) groups excluding carboxylic acids is 1. The maximum absolute atomic E-state index is 10.8. The maximum atomic E-state index is 10.8. The lowest BCUT2D eigenvalue weighted by molar-refractivity contribution is 0.0478. The standard InChI is InChI=1S/C10H14O3/c1-3-8-5-4-6-9(7-8)13-10(11)12-2/h3,7,9H,1,4-6H2,2H3. The largest absolute Gasteiger partial charge is 0.508 e. The molecule has 0 aromatic heterocycles. The van der Waals surface area contributed by atoms with Crippen molar-refractivity contribution in [2.45, 2.75) is 25.4 Å². The van der Waals surface area contributed by atoms with E-state index in [0.29, 0.717) is 0 Å². The molecule has 1 aliphatic carbocycles. The van der Waals surface area contributed by atoms with Crippen LogP contribution in [-0.2, 0) is 9.47 Å². The summed E-state index contributed by atoms with van der Waals surface area (Å²) in [7, 11) is 1.31. The topological polar surface area (TPSA) is 35.5 Å². The van der Waals surface area contributed by atoms with Gasteiger partial charge in [0.25, 0.3) is 0 Å². The van der Waals surface area contributed by atoms with Crippen LogP contribution in [0.25, 0.3) is 0 Å². The fourth-order valence-corrected chi connectivity index (χ4v) is 1.35. The van der Waals surface area contributed by atoms with E-state index >= 15 is 0 Å². The molecular formula is C10H14O3. The van der Waals surface area contributed by atoms with Gasteiger partial charge in [0.1, 0.15) is 6.10 Å². The molecule has 3 nitrogen and oxygen atoms in total. The third-order valence-electron chi connectivity index (χ3n) is 2.03. The number of hydrogen-bond acceptors (Lipinski definition) is 3. The summed E-state index contributed by atoms with van der Waals surface area (Å²) in [4.78, 5) is 10.8. The van der Waals surface area contributed by atoms with Crippen LogP contribution in [0.5, 0.6) is 0 Å². The lowest BCUT2D eigenvalue weighted by Crippen LogP contribution is -2.18. The minimum atomic E-state index is -0.619. The minimum absolute atomic E-state index is 0.144. The molecule has 0 N–H and O–H groups in total. The van der Waals surface area contributed by atoms with Gasteiger partial charge in [-0.05, 0) is 30.9 Å². The van der Waals surface area contributed by atoms with Crippen molar-refractivity contribution < 1.29 is 14.3 Å². The monoisotopic (exact) mass is 182 g/mol. The van der Waals surface area contributed by atoms with Crippen molar-refractivity contribution in [3.05, 3.63) is 24.3 Å². The molecule has 0 heterocycles. The van der Waals surface area contributed by atoms with E-state index < -0.39 is 6.16 Å². The zero-order valence-electron chi connectivity index (χ0n) is 7.79. The zero-order valence-corrected chi connectivity index (χ0v) is 7.79. The summed E-state index contributed by atoms with van der Waals surface area (Å²) in [6.07, 6.45) is 5.87. The summed E-state index contributed by atoms with van der Waals surface area (Å²) in [5, 5.41) is 0. The lowest BCUT2D eigenvalue weighted by Gasteiger charge is -2.18. The van der Waals surface area contributed by atoms with Gasteiger partial charge in [-0.2, -0.15) is 0 Å². The summed E-state index contributed by atoms with van der Waals surface area (Å²) < 4.78 is 9.39. The van der Waals surface area contributed by atoms with Crippen LogP contribution in [0.4, 0.5) is 4.79 Å². The van der Waals surface area contributed by atoms with Crippen molar-refractivity contribution in [2.75, 3.05) is 7.11 Å². The molecule has 0 radical (unpaired) electrons. The highest BCUT2D eigenvalue weighted by molar-refractivity contribution is 5.60. The Bertz CT molecular complexity index is 230. The number of hydrogen-bond donors (Lipinski definition) is 0. The Morgan fingerprint density at radius 3 is 3.15 bits per heavy atom. The molecule has 0 amide bonds. The Morgan fingerprint density at radius 1 is 1.77 bits per heavy atom. The average Bonchev–Trinajstić information content (AvgIpc) is 2.18. The van der Waals surface area contributed by atoms with E-state index in [4.69, 9.17) is 4.74 Å². The molecule has 0 aromatic rings. The van der Waals surface area contributed by atoms with E-state index in [0.717, 1.165) is 24.8 Å². The molecule has 0 spiro atoms. The molecule has 1 rings (SSSR count). The Morgan fingerprint density at radius 2 is 2.54 bits per heavy atom. The highest BCUT2D eigenvalue weighted by Gasteiger charge is 2.16. The van der Waals surface area contributed by atoms with Crippen LogP contribution >= 0.6 is 0 Å². The van der Waals surface area contributed by atoms with Crippen LogP contribution in [0.2, 0.25) is 0 Å². The number of allylic oxidation sites excluding steroid dienone is 2. The van der Waals surface area contributed by atoms with Crippen LogP contribution in [0, 0.1) is 0 Å². The second-order valence-corrected chi connectivity index (χ2v) is 2.95. The van der Waals surface area contributed by atoms with E-state index in [2.05, 4.69) is 11.3 Å². The quantitative estimate of drug-likeness (QED) is 0.615. The maximum Gasteiger partial charge on any atom is 0.508 e. The predicted octanol–water partition coefficient (Wildman–Crippen LogP) is 2.43. The molecule has 0 bridgehead atoms. The van der Waals surface area contributed by atoms with Crippen molar-refractivity contribution in [1.29, 1.82) is 0 Å². The van der Waals surface area contributed by atoms with E-state index in [1.54, 1.807) is 6.08 Å². The molecule has 0 aliphatic heterocycles. The summed E-state index contributed by atoms with van der Waals surface area (Å²) >= 11 is 0. The van der Waals surface area contributed by atoms with Gasteiger partial charge >= 0.3 is 6.16 Å². The molecule has 3 heteroatoms. The first kappa shape index (κ1) is 9.84. The van der Waals surface area contributed by atoms with Crippen LogP contribution < -0.4 is 0 Å². The van der Waals surface area contributed by atoms with E-state index in [1.807, 2.05) is 6.08 Å². The van der Waals surface area contributed by atoms with Crippen LogP contribution in [-0.4, -0.2) is 19.4 Å². The number of carbonyl (C=O) groups is 1. The summed E-state index contributed by atoms with van der Waals surface area (Å²) in [5.74, 6) is 0. The van der Waals surface area contributed by atoms with Gasteiger partial charge in [-0.1, -0.05) is 12.7 Å². The summed E-state index contributed by atoms with van der Waals surface area (Å²) in [5.41, 5.74) is 1.14. The van der Waals surface area contributed by atoms with Gasteiger partial charge in [0.2, 0.25) is 0 Å². The van der Waals surface area contributed by atoms with Gasteiger partial charge in [0.15, 0.2) is 0 Å². The highest BCUT2D eigenvalue weighted by Crippen LogP contribution is 2.20. The van der Waals surface area contributed by atoms with Crippen LogP contribution in [0.1, 0.15) is 19.3 Å². The SMILES string of the molecule is C=CC1=CC(OC(=O)OC)CCC1. The first-order chi connectivity index (χ1) is 6.26.